The van der Waals surface area contributed by atoms with Crippen molar-refractivity contribution in [3.8, 4) is 11.5 Å². The topological polar surface area (TPSA) is 120 Å². The molecule has 9 nitrogen and oxygen atoms in total. The van der Waals surface area contributed by atoms with Crippen LogP contribution in [0.4, 0.5) is 5.69 Å². The van der Waals surface area contributed by atoms with Crippen LogP contribution in [0.2, 0.25) is 5.02 Å². The fourth-order valence-electron chi connectivity index (χ4n) is 2.59. The van der Waals surface area contributed by atoms with Crippen molar-refractivity contribution in [1.82, 2.24) is 4.72 Å². The largest absolute Gasteiger partial charge is 0.486 e. The third-order valence-corrected chi connectivity index (χ3v) is 6.08. The minimum atomic E-state index is -3.87. The summed E-state index contributed by atoms with van der Waals surface area (Å²) < 4.78 is 42.2. The van der Waals surface area contributed by atoms with Gasteiger partial charge in [0.25, 0.3) is 5.91 Å². The maximum Gasteiger partial charge on any atom is 0.338 e. The van der Waals surface area contributed by atoms with Gasteiger partial charge in [0.2, 0.25) is 10.0 Å². The Morgan fingerprint density at radius 2 is 1.80 bits per heavy atom. The first-order chi connectivity index (χ1) is 14.2. The van der Waals surface area contributed by atoms with Gasteiger partial charge in [-0.3, -0.25) is 4.79 Å². The van der Waals surface area contributed by atoms with Crippen LogP contribution in [0.3, 0.4) is 0 Å². The lowest BCUT2D eigenvalue weighted by Gasteiger charge is -2.19. The van der Waals surface area contributed by atoms with Gasteiger partial charge in [0, 0.05) is 11.8 Å². The van der Waals surface area contributed by atoms with Crippen LogP contribution in [-0.4, -0.2) is 46.7 Å². The number of halogens is 1. The smallest absolute Gasteiger partial charge is 0.338 e. The predicted molar refractivity (Wildman–Crippen MR) is 109 cm³/mol. The molecule has 0 aliphatic carbocycles. The second kappa shape index (κ2) is 8.90. The highest BCUT2D eigenvalue weighted by molar-refractivity contribution is 7.89. The number of sulfonamides is 1. The molecule has 0 spiro atoms. The SMILES string of the molecule is CNS(=O)(=O)c1cc(C(=O)O[C@@H](C)C(=O)Nc2ccc3c(c2)OCCO3)ccc1Cl. The number of amides is 1. The highest BCUT2D eigenvalue weighted by atomic mass is 35.5. The van der Waals surface area contributed by atoms with Crippen LogP contribution >= 0.6 is 11.6 Å². The fourth-order valence-corrected chi connectivity index (χ4v) is 3.84. The molecule has 11 heteroatoms. The molecule has 1 atom stereocenters. The molecule has 2 N–H and O–H groups in total. The zero-order chi connectivity index (χ0) is 21.9. The maximum atomic E-state index is 12.4. The number of anilines is 1. The van der Waals surface area contributed by atoms with Gasteiger partial charge in [0.15, 0.2) is 17.6 Å². The fraction of sp³-hybridized carbons (Fsp3) is 0.263. The zero-order valence-corrected chi connectivity index (χ0v) is 17.7. The summed E-state index contributed by atoms with van der Waals surface area (Å²) >= 11 is 5.91. The average Bonchev–Trinajstić information content (AvgIpc) is 2.73. The molecule has 1 heterocycles. The molecule has 0 radical (unpaired) electrons. The highest BCUT2D eigenvalue weighted by Crippen LogP contribution is 2.32. The van der Waals surface area contributed by atoms with Crippen LogP contribution in [0.1, 0.15) is 17.3 Å². The Labute approximate surface area is 178 Å². The number of carbonyl (C=O) groups is 2. The number of rotatable bonds is 6. The third kappa shape index (κ3) is 4.84. The van der Waals surface area contributed by atoms with Crippen LogP contribution in [-0.2, 0) is 19.6 Å². The Morgan fingerprint density at radius 1 is 1.10 bits per heavy atom. The summed E-state index contributed by atoms with van der Waals surface area (Å²) in [7, 11) is -2.65. The predicted octanol–water partition coefficient (Wildman–Crippen LogP) is 2.20. The quantitative estimate of drug-likeness (QED) is 0.642. The lowest BCUT2D eigenvalue weighted by molar-refractivity contribution is -0.123. The molecule has 0 unspecified atom stereocenters. The molecular weight excluding hydrogens is 436 g/mol. The summed E-state index contributed by atoms with van der Waals surface area (Å²) in [4.78, 5) is 24.5. The Hall–Kier alpha value is -2.82. The maximum absolute atomic E-state index is 12.4. The van der Waals surface area contributed by atoms with E-state index in [1.54, 1.807) is 18.2 Å². The van der Waals surface area contributed by atoms with E-state index < -0.39 is 28.0 Å². The van der Waals surface area contributed by atoms with Gasteiger partial charge < -0.3 is 19.5 Å². The second-order valence-electron chi connectivity index (χ2n) is 6.25. The number of ether oxygens (including phenoxy) is 3. The van der Waals surface area contributed by atoms with Crippen molar-refractivity contribution in [2.45, 2.75) is 17.9 Å². The number of hydrogen-bond acceptors (Lipinski definition) is 7. The summed E-state index contributed by atoms with van der Waals surface area (Å²) in [6.07, 6.45) is -1.15. The van der Waals surface area contributed by atoms with Crippen LogP contribution in [0.25, 0.3) is 0 Å². The minimum absolute atomic E-state index is 0.0506. The molecule has 3 rings (SSSR count). The molecule has 160 valence electrons. The molecule has 0 saturated heterocycles. The number of benzene rings is 2. The van der Waals surface area contributed by atoms with E-state index in [9.17, 15) is 18.0 Å². The number of hydrogen-bond donors (Lipinski definition) is 2. The van der Waals surface area contributed by atoms with E-state index in [0.29, 0.717) is 30.4 Å². The van der Waals surface area contributed by atoms with Crippen LogP contribution in [0, 0.1) is 0 Å². The summed E-state index contributed by atoms with van der Waals surface area (Å²) in [5, 5.41) is 2.57. The van der Waals surface area contributed by atoms with E-state index in [-0.39, 0.29) is 15.5 Å². The number of esters is 1. The van der Waals surface area contributed by atoms with Crippen molar-refractivity contribution in [1.29, 1.82) is 0 Å². The van der Waals surface area contributed by atoms with Crippen LogP contribution in [0.5, 0.6) is 11.5 Å². The van der Waals surface area contributed by atoms with E-state index in [2.05, 4.69) is 10.0 Å². The van der Waals surface area contributed by atoms with E-state index in [1.165, 1.54) is 26.1 Å². The number of fused-ring (bicyclic) bond motifs is 1. The standard InChI is InChI=1S/C19H19ClN2O7S/c1-11(18(23)22-13-4-6-15-16(10-13)28-8-7-27-15)29-19(24)12-3-5-14(20)17(9-12)30(25,26)21-2/h3-6,9-11,21H,7-8H2,1-2H3,(H,22,23)/t11-/m0/s1. The van der Waals surface area contributed by atoms with Gasteiger partial charge in [0.1, 0.15) is 18.1 Å². The van der Waals surface area contributed by atoms with Crippen LogP contribution in [0.15, 0.2) is 41.3 Å². The van der Waals surface area contributed by atoms with Gasteiger partial charge in [-0.25, -0.2) is 17.9 Å². The van der Waals surface area contributed by atoms with Gasteiger partial charge in [-0.2, -0.15) is 0 Å². The summed E-state index contributed by atoms with van der Waals surface area (Å²) in [5.41, 5.74) is 0.383. The first-order valence-corrected chi connectivity index (χ1v) is 10.7. The van der Waals surface area contributed by atoms with Crippen LogP contribution < -0.4 is 19.5 Å². The first kappa shape index (κ1) is 21.9. The van der Waals surface area contributed by atoms with Gasteiger partial charge in [0.05, 0.1) is 10.6 Å². The average molecular weight is 455 g/mol. The monoisotopic (exact) mass is 454 g/mol. The highest BCUT2D eigenvalue weighted by Gasteiger charge is 2.23. The van der Waals surface area contributed by atoms with Gasteiger partial charge in [-0.05, 0) is 44.3 Å². The van der Waals surface area contributed by atoms with E-state index in [1.807, 2.05) is 0 Å². The van der Waals surface area contributed by atoms with Crippen molar-refractivity contribution in [2.75, 3.05) is 25.6 Å². The Balaban J connectivity index is 1.68. The third-order valence-electron chi connectivity index (χ3n) is 4.19. The number of carbonyl (C=O) groups excluding carboxylic acids is 2. The van der Waals surface area contributed by atoms with E-state index in [4.69, 9.17) is 25.8 Å². The molecule has 1 aliphatic rings. The molecule has 30 heavy (non-hydrogen) atoms. The summed E-state index contributed by atoms with van der Waals surface area (Å²) in [6.45, 7) is 2.25. The van der Waals surface area contributed by atoms with Crippen molar-refractivity contribution in [2.24, 2.45) is 0 Å². The minimum Gasteiger partial charge on any atom is -0.486 e. The Bertz CT molecular complexity index is 1090. The normalized spacial score (nSPS) is 14.0. The summed E-state index contributed by atoms with van der Waals surface area (Å²) in [6, 6.07) is 8.57. The van der Waals surface area contributed by atoms with Crippen molar-refractivity contribution in [3.63, 3.8) is 0 Å². The number of nitrogens with one attached hydrogen (secondary N) is 2. The second-order valence-corrected chi connectivity index (χ2v) is 8.51. The van der Waals surface area contributed by atoms with Gasteiger partial charge >= 0.3 is 5.97 Å². The molecule has 0 bridgehead atoms. The van der Waals surface area contributed by atoms with Crippen molar-refractivity contribution in [3.05, 3.63) is 47.0 Å². The molecule has 1 amide bonds. The zero-order valence-electron chi connectivity index (χ0n) is 16.1. The lowest BCUT2D eigenvalue weighted by Crippen LogP contribution is -2.30. The summed E-state index contributed by atoms with van der Waals surface area (Å²) in [5.74, 6) is -0.363. The molecule has 0 saturated carbocycles. The molecular formula is C19H19ClN2O7S. The molecule has 2 aromatic carbocycles. The van der Waals surface area contributed by atoms with E-state index >= 15 is 0 Å². The van der Waals surface area contributed by atoms with E-state index in [0.717, 1.165) is 6.07 Å². The Morgan fingerprint density at radius 3 is 2.50 bits per heavy atom. The van der Waals surface area contributed by atoms with Crippen molar-refractivity contribution < 1.29 is 32.2 Å². The first-order valence-electron chi connectivity index (χ1n) is 8.86. The molecule has 0 fully saturated rings. The molecule has 1 aliphatic heterocycles. The lowest BCUT2D eigenvalue weighted by atomic mass is 10.2. The molecule has 0 aromatic heterocycles. The van der Waals surface area contributed by atoms with Crippen molar-refractivity contribution >= 4 is 39.2 Å². The van der Waals surface area contributed by atoms with Gasteiger partial charge in [-0.15, -0.1) is 0 Å². The Kier molecular flexibility index (Phi) is 6.49. The van der Waals surface area contributed by atoms with Gasteiger partial charge in [-0.1, -0.05) is 11.6 Å². The molecule has 2 aromatic rings.